The predicted molar refractivity (Wildman–Crippen MR) is 113 cm³/mol. The summed E-state index contributed by atoms with van der Waals surface area (Å²) in [6, 6.07) is 12.9. The normalized spacial score (nSPS) is 11.5. The molecular formula is C21H17ClN4O3S. The van der Waals surface area contributed by atoms with E-state index >= 15 is 0 Å². The zero-order chi connectivity index (χ0) is 21.3. The number of aryl methyl sites for hydroxylation is 1. The summed E-state index contributed by atoms with van der Waals surface area (Å²) in [5, 5.41) is 10.3. The lowest BCUT2D eigenvalue weighted by atomic mass is 10.2. The van der Waals surface area contributed by atoms with Gasteiger partial charge in [-0.05, 0) is 48.4 Å². The molecule has 7 nitrogen and oxygen atoms in total. The van der Waals surface area contributed by atoms with Gasteiger partial charge in [0.15, 0.2) is 5.65 Å². The average molecular weight is 441 g/mol. The van der Waals surface area contributed by atoms with Crippen molar-refractivity contribution in [2.24, 2.45) is 0 Å². The Balaban J connectivity index is 1.48. The highest BCUT2D eigenvalue weighted by Crippen LogP contribution is 2.28. The third kappa shape index (κ3) is 3.92. The van der Waals surface area contributed by atoms with Gasteiger partial charge in [-0.3, -0.25) is 9.89 Å². The zero-order valence-electron chi connectivity index (χ0n) is 15.9. The molecule has 4 rings (SSSR count). The van der Waals surface area contributed by atoms with Gasteiger partial charge in [-0.25, -0.2) is 13.4 Å². The molecule has 2 aromatic carbocycles. The van der Waals surface area contributed by atoms with Crippen LogP contribution in [-0.2, 0) is 16.4 Å². The molecule has 2 aromatic heterocycles. The molecule has 2 N–H and O–H groups in total. The summed E-state index contributed by atoms with van der Waals surface area (Å²) in [5.74, 6) is -0.283. The van der Waals surface area contributed by atoms with E-state index in [1.165, 1.54) is 18.3 Å². The van der Waals surface area contributed by atoms with Crippen molar-refractivity contribution in [2.75, 3.05) is 0 Å². The number of benzene rings is 2. The summed E-state index contributed by atoms with van der Waals surface area (Å²) in [5.41, 5.74) is 2.59. The molecule has 0 atom stereocenters. The standard InChI is InChI=1S/C21H17ClN4O3S/c1-13-2-7-18(22)19(8-13)30(28,29)17-5-3-14(4-6-17)10-24-21(27)16-9-15-12-25-26-20(15)23-11-16/h2-9,11-12H,10H2,1H3,(H,24,27)(H,23,25,26). The molecule has 0 saturated carbocycles. The number of H-pyrrole nitrogens is 1. The van der Waals surface area contributed by atoms with E-state index in [0.29, 0.717) is 11.2 Å². The maximum Gasteiger partial charge on any atom is 0.253 e. The molecule has 0 aliphatic rings. The number of amides is 1. The van der Waals surface area contributed by atoms with Gasteiger partial charge >= 0.3 is 0 Å². The Kier molecular flexibility index (Phi) is 5.27. The smallest absolute Gasteiger partial charge is 0.253 e. The number of pyridine rings is 1. The summed E-state index contributed by atoms with van der Waals surface area (Å²) < 4.78 is 25.8. The van der Waals surface area contributed by atoms with Crippen molar-refractivity contribution < 1.29 is 13.2 Å². The number of hydrogen-bond acceptors (Lipinski definition) is 5. The molecule has 0 aliphatic carbocycles. The fourth-order valence-electron chi connectivity index (χ4n) is 2.98. The Hall–Kier alpha value is -3.23. The van der Waals surface area contributed by atoms with Crippen molar-refractivity contribution in [3.05, 3.63) is 82.6 Å². The van der Waals surface area contributed by atoms with Gasteiger partial charge in [-0.2, -0.15) is 5.10 Å². The van der Waals surface area contributed by atoms with Crippen molar-refractivity contribution in [1.29, 1.82) is 0 Å². The largest absolute Gasteiger partial charge is 0.348 e. The molecule has 0 saturated heterocycles. The monoisotopic (exact) mass is 440 g/mol. The van der Waals surface area contributed by atoms with Gasteiger partial charge in [0.25, 0.3) is 5.91 Å². The summed E-state index contributed by atoms with van der Waals surface area (Å²) in [4.78, 5) is 16.7. The molecule has 0 fully saturated rings. The molecule has 0 spiro atoms. The number of aromatic amines is 1. The number of nitrogens with one attached hydrogen (secondary N) is 2. The molecule has 2 heterocycles. The summed E-state index contributed by atoms with van der Waals surface area (Å²) in [6.45, 7) is 2.05. The SMILES string of the molecule is Cc1ccc(Cl)c(S(=O)(=O)c2ccc(CNC(=O)c3cnc4[nH]ncc4c3)cc2)c1. The molecule has 30 heavy (non-hydrogen) atoms. The van der Waals surface area contributed by atoms with Crippen molar-refractivity contribution in [3.8, 4) is 0 Å². The Morgan fingerprint density at radius 2 is 1.87 bits per heavy atom. The predicted octanol–water partition coefficient (Wildman–Crippen LogP) is 3.68. The van der Waals surface area contributed by atoms with Crippen LogP contribution in [0.2, 0.25) is 5.02 Å². The topological polar surface area (TPSA) is 105 Å². The minimum atomic E-state index is -3.73. The Labute approximate surface area is 178 Å². The third-order valence-corrected chi connectivity index (χ3v) is 6.87. The Morgan fingerprint density at radius 1 is 1.10 bits per heavy atom. The van der Waals surface area contributed by atoms with Crippen LogP contribution in [-0.4, -0.2) is 29.5 Å². The lowest BCUT2D eigenvalue weighted by molar-refractivity contribution is 0.0950. The first-order valence-electron chi connectivity index (χ1n) is 9.02. The third-order valence-electron chi connectivity index (χ3n) is 4.62. The highest BCUT2D eigenvalue weighted by molar-refractivity contribution is 7.91. The van der Waals surface area contributed by atoms with Gasteiger partial charge in [0.2, 0.25) is 9.84 Å². The van der Waals surface area contributed by atoms with Crippen LogP contribution < -0.4 is 5.32 Å². The quantitative estimate of drug-likeness (QED) is 0.492. The van der Waals surface area contributed by atoms with Gasteiger partial charge in [0.1, 0.15) is 0 Å². The van der Waals surface area contributed by atoms with E-state index in [4.69, 9.17) is 11.6 Å². The second-order valence-electron chi connectivity index (χ2n) is 6.80. The molecular weight excluding hydrogens is 424 g/mol. The highest BCUT2D eigenvalue weighted by atomic mass is 35.5. The van der Waals surface area contributed by atoms with Crippen LogP contribution in [0, 0.1) is 6.92 Å². The number of hydrogen-bond donors (Lipinski definition) is 2. The average Bonchev–Trinajstić information content (AvgIpc) is 3.22. The van der Waals surface area contributed by atoms with Gasteiger partial charge in [-0.15, -0.1) is 0 Å². The number of aromatic nitrogens is 3. The zero-order valence-corrected chi connectivity index (χ0v) is 17.5. The van der Waals surface area contributed by atoms with Crippen molar-refractivity contribution in [2.45, 2.75) is 23.3 Å². The first kappa shape index (κ1) is 20.1. The number of carbonyl (C=O) groups excluding carboxylic acids is 1. The maximum absolute atomic E-state index is 12.9. The van der Waals surface area contributed by atoms with Gasteiger partial charge in [0, 0.05) is 18.1 Å². The Morgan fingerprint density at radius 3 is 2.63 bits per heavy atom. The first-order valence-corrected chi connectivity index (χ1v) is 10.9. The van der Waals surface area contributed by atoms with Crippen LogP contribution in [0.1, 0.15) is 21.5 Å². The number of rotatable bonds is 5. The highest BCUT2D eigenvalue weighted by Gasteiger charge is 2.21. The molecule has 0 bridgehead atoms. The molecule has 1 amide bonds. The Bertz CT molecular complexity index is 1350. The molecule has 0 unspecified atom stereocenters. The van der Waals surface area contributed by atoms with Crippen molar-refractivity contribution >= 4 is 38.4 Å². The molecule has 152 valence electrons. The number of fused-ring (bicyclic) bond motifs is 1. The summed E-state index contributed by atoms with van der Waals surface area (Å²) in [7, 11) is -3.73. The summed E-state index contributed by atoms with van der Waals surface area (Å²) in [6.07, 6.45) is 3.07. The number of halogens is 1. The van der Waals surface area contributed by atoms with Crippen LogP contribution in [0.15, 0.2) is 70.7 Å². The molecule has 9 heteroatoms. The van der Waals surface area contributed by atoms with Gasteiger partial charge in [-0.1, -0.05) is 29.8 Å². The number of nitrogens with zero attached hydrogens (tertiary/aromatic N) is 2. The van der Waals surface area contributed by atoms with Crippen LogP contribution in [0.4, 0.5) is 0 Å². The maximum atomic E-state index is 12.9. The van der Waals surface area contributed by atoms with Gasteiger partial charge in [0.05, 0.1) is 26.6 Å². The molecule has 4 aromatic rings. The van der Waals surface area contributed by atoms with E-state index < -0.39 is 9.84 Å². The molecule has 0 radical (unpaired) electrons. The van der Waals surface area contributed by atoms with E-state index in [9.17, 15) is 13.2 Å². The van der Waals surface area contributed by atoms with Crippen LogP contribution in [0.5, 0.6) is 0 Å². The number of sulfone groups is 1. The van der Waals surface area contributed by atoms with E-state index in [2.05, 4.69) is 20.5 Å². The van der Waals surface area contributed by atoms with Crippen LogP contribution in [0.25, 0.3) is 11.0 Å². The van der Waals surface area contributed by atoms with Crippen LogP contribution >= 0.6 is 11.6 Å². The van der Waals surface area contributed by atoms with E-state index in [0.717, 1.165) is 16.5 Å². The van der Waals surface area contributed by atoms with Crippen LogP contribution in [0.3, 0.4) is 0 Å². The molecule has 0 aliphatic heterocycles. The summed E-state index contributed by atoms with van der Waals surface area (Å²) >= 11 is 6.10. The second-order valence-corrected chi connectivity index (χ2v) is 9.12. The lowest BCUT2D eigenvalue weighted by Gasteiger charge is -2.09. The van der Waals surface area contributed by atoms with E-state index in [1.807, 2.05) is 0 Å². The minimum absolute atomic E-state index is 0.0763. The fourth-order valence-corrected chi connectivity index (χ4v) is 4.81. The first-order chi connectivity index (χ1) is 14.3. The van der Waals surface area contributed by atoms with E-state index in [-0.39, 0.29) is 27.3 Å². The lowest BCUT2D eigenvalue weighted by Crippen LogP contribution is -2.22. The van der Waals surface area contributed by atoms with Crippen molar-refractivity contribution in [1.82, 2.24) is 20.5 Å². The number of carbonyl (C=O) groups is 1. The van der Waals surface area contributed by atoms with E-state index in [1.54, 1.807) is 49.5 Å². The minimum Gasteiger partial charge on any atom is -0.348 e. The van der Waals surface area contributed by atoms with Crippen molar-refractivity contribution in [3.63, 3.8) is 0 Å². The fraction of sp³-hybridized carbons (Fsp3) is 0.0952. The second kappa shape index (κ2) is 7.89. The van der Waals surface area contributed by atoms with Gasteiger partial charge < -0.3 is 5.32 Å².